The van der Waals surface area contributed by atoms with E-state index in [4.69, 9.17) is 0 Å². The number of phenolic OH excluding ortho intramolecular Hbond substituents is 1. The van der Waals surface area contributed by atoms with Crippen LogP contribution < -0.4 is 0 Å². The van der Waals surface area contributed by atoms with Crippen LogP contribution in [0.4, 0.5) is 0 Å². The van der Waals surface area contributed by atoms with Crippen LogP contribution in [0.5, 0.6) is 5.75 Å². The molecule has 4 nitrogen and oxygen atoms in total. The molecule has 3 rings (SSSR count). The van der Waals surface area contributed by atoms with Crippen molar-refractivity contribution in [1.29, 1.82) is 0 Å². The first kappa shape index (κ1) is 16.3. The Bertz CT molecular complexity index is 615. The number of fused-ring (bicyclic) bond motifs is 2. The van der Waals surface area contributed by atoms with E-state index in [0.29, 0.717) is 11.8 Å². The lowest BCUT2D eigenvalue weighted by molar-refractivity contribution is -0.144. The summed E-state index contributed by atoms with van der Waals surface area (Å²) in [5.41, 5.74) is 1.22. The molecule has 2 saturated carbocycles. The lowest BCUT2D eigenvalue weighted by Crippen LogP contribution is -2.44. The molecule has 0 spiro atoms. The third-order valence-corrected chi connectivity index (χ3v) is 6.04. The Morgan fingerprint density at radius 2 is 2.17 bits per heavy atom. The second-order valence-corrected chi connectivity index (χ2v) is 7.74. The summed E-state index contributed by atoms with van der Waals surface area (Å²) in [6.07, 6.45) is 3.89. The monoisotopic (exact) mass is 317 g/mol. The molecule has 0 aliphatic heterocycles. The average Bonchev–Trinajstić information content (AvgIpc) is 3.09. The number of hydrogen-bond donors (Lipinski definition) is 2. The first-order valence-electron chi connectivity index (χ1n) is 8.54. The second kappa shape index (κ2) is 5.82. The maximum absolute atomic E-state index is 12.9. The van der Waals surface area contributed by atoms with E-state index in [2.05, 4.69) is 6.92 Å². The molecule has 2 aliphatic rings. The molecular formula is C19H27NO3. The van der Waals surface area contributed by atoms with Gasteiger partial charge >= 0.3 is 0 Å². The number of likely N-dealkylation sites (N-methyl/N-ethyl adjacent to an activating group) is 1. The number of phenols is 1. The van der Waals surface area contributed by atoms with Crippen LogP contribution in [0.2, 0.25) is 0 Å². The van der Waals surface area contributed by atoms with Gasteiger partial charge in [0.1, 0.15) is 5.75 Å². The Labute approximate surface area is 138 Å². The molecule has 0 aromatic heterocycles. The number of amides is 1. The Hall–Kier alpha value is -1.55. The van der Waals surface area contributed by atoms with Crippen molar-refractivity contribution in [2.24, 2.45) is 17.3 Å². The minimum atomic E-state index is -0.731. The van der Waals surface area contributed by atoms with Gasteiger partial charge in [0.15, 0.2) is 0 Å². The van der Waals surface area contributed by atoms with Gasteiger partial charge in [-0.2, -0.15) is 0 Å². The number of carbonyl (C=O) groups excluding carboxylic acids is 1. The van der Waals surface area contributed by atoms with Gasteiger partial charge in [-0.1, -0.05) is 19.4 Å². The van der Waals surface area contributed by atoms with Crippen molar-refractivity contribution in [1.82, 2.24) is 4.90 Å². The van der Waals surface area contributed by atoms with E-state index in [-0.39, 0.29) is 23.6 Å². The van der Waals surface area contributed by atoms with E-state index < -0.39 is 6.10 Å². The number of hydrogen-bond acceptors (Lipinski definition) is 3. The van der Waals surface area contributed by atoms with Gasteiger partial charge in [-0.15, -0.1) is 0 Å². The van der Waals surface area contributed by atoms with Crippen LogP contribution in [0.15, 0.2) is 18.2 Å². The molecule has 0 radical (unpaired) electrons. The molecule has 2 N–H and O–H groups in total. The summed E-state index contributed by atoms with van der Waals surface area (Å²) in [6.45, 7) is 4.19. The van der Waals surface area contributed by atoms with E-state index in [9.17, 15) is 15.0 Å². The first-order valence-corrected chi connectivity index (χ1v) is 8.54. The third-order valence-electron chi connectivity index (χ3n) is 6.04. The maximum atomic E-state index is 12.9. The molecule has 126 valence electrons. The fourth-order valence-electron chi connectivity index (χ4n) is 4.64. The van der Waals surface area contributed by atoms with Crippen LogP contribution in [-0.4, -0.2) is 34.6 Å². The topological polar surface area (TPSA) is 60.8 Å². The summed E-state index contributed by atoms with van der Waals surface area (Å²) in [5, 5.41) is 20.0. The van der Waals surface area contributed by atoms with Gasteiger partial charge in [-0.3, -0.25) is 4.79 Å². The van der Waals surface area contributed by atoms with Gasteiger partial charge in [-0.05, 0) is 61.3 Å². The van der Waals surface area contributed by atoms with Crippen molar-refractivity contribution in [3.8, 4) is 5.75 Å². The quantitative estimate of drug-likeness (QED) is 0.897. The van der Waals surface area contributed by atoms with E-state index in [1.54, 1.807) is 37.1 Å². The maximum Gasteiger partial charge on any atom is 0.228 e. The molecule has 4 atom stereocenters. The summed E-state index contributed by atoms with van der Waals surface area (Å²) in [5.74, 6) is 1.61. The largest absolute Gasteiger partial charge is 0.508 e. The van der Waals surface area contributed by atoms with Crippen LogP contribution in [0.3, 0.4) is 0 Å². The Morgan fingerprint density at radius 1 is 1.43 bits per heavy atom. The normalized spacial score (nSPS) is 30.4. The number of benzene rings is 1. The number of rotatable bonds is 4. The van der Waals surface area contributed by atoms with Gasteiger partial charge in [0.2, 0.25) is 5.91 Å². The summed E-state index contributed by atoms with van der Waals surface area (Å²) < 4.78 is 0. The lowest BCUT2D eigenvalue weighted by Gasteiger charge is -2.36. The third kappa shape index (κ3) is 2.85. The molecule has 1 aromatic rings. The highest BCUT2D eigenvalue weighted by molar-refractivity contribution is 5.83. The molecule has 4 unspecified atom stereocenters. The summed E-state index contributed by atoms with van der Waals surface area (Å²) in [6, 6.07) is 5.08. The zero-order valence-electron chi connectivity index (χ0n) is 14.2. The van der Waals surface area contributed by atoms with Gasteiger partial charge in [0.05, 0.1) is 12.6 Å². The van der Waals surface area contributed by atoms with Crippen LogP contribution in [0.25, 0.3) is 0 Å². The minimum absolute atomic E-state index is 0.166. The molecule has 2 fully saturated rings. The fraction of sp³-hybridized carbons (Fsp3) is 0.632. The van der Waals surface area contributed by atoms with Gasteiger partial charge in [0, 0.05) is 12.5 Å². The smallest absolute Gasteiger partial charge is 0.228 e. The predicted octanol–water partition coefficient (Wildman–Crippen LogP) is 3.02. The van der Waals surface area contributed by atoms with Gasteiger partial charge in [0.25, 0.3) is 0 Å². The highest BCUT2D eigenvalue weighted by atomic mass is 16.3. The molecule has 23 heavy (non-hydrogen) atoms. The number of aliphatic hydroxyl groups is 1. The van der Waals surface area contributed by atoms with E-state index in [0.717, 1.165) is 17.5 Å². The van der Waals surface area contributed by atoms with Crippen molar-refractivity contribution < 1.29 is 15.0 Å². The highest BCUT2D eigenvalue weighted by Crippen LogP contribution is 2.56. The first-order chi connectivity index (χ1) is 10.8. The standard InChI is InChI=1S/C19H27NO3/c1-12-8-14(5-7-16(12)21)17(22)11-20(3)18(23)19(2)10-13-4-6-15(19)9-13/h5,7-8,13,15,17,21-22H,4,6,9-11H2,1-3H3. The zero-order chi connectivity index (χ0) is 16.8. The SMILES string of the molecule is Cc1cc(C(O)CN(C)C(=O)C2(C)CC3CCC2C3)ccc1O. The van der Waals surface area contributed by atoms with Crippen LogP contribution in [0.1, 0.15) is 49.8 Å². The molecule has 2 bridgehead atoms. The van der Waals surface area contributed by atoms with E-state index in [1.807, 2.05) is 0 Å². The number of carbonyl (C=O) groups is 1. The molecule has 0 heterocycles. The Balaban J connectivity index is 1.67. The molecule has 2 aliphatic carbocycles. The number of aromatic hydroxyl groups is 1. The van der Waals surface area contributed by atoms with Gasteiger partial charge in [-0.25, -0.2) is 0 Å². The average molecular weight is 317 g/mol. The highest BCUT2D eigenvalue weighted by Gasteiger charge is 2.53. The lowest BCUT2D eigenvalue weighted by atomic mass is 9.73. The Morgan fingerprint density at radius 3 is 2.74 bits per heavy atom. The Kier molecular flexibility index (Phi) is 4.13. The molecule has 1 amide bonds. The number of nitrogens with zero attached hydrogens (tertiary/aromatic N) is 1. The summed E-state index contributed by atoms with van der Waals surface area (Å²) >= 11 is 0. The zero-order valence-corrected chi connectivity index (χ0v) is 14.2. The molecule has 1 aromatic carbocycles. The van der Waals surface area contributed by atoms with E-state index in [1.165, 1.54) is 19.3 Å². The second-order valence-electron chi connectivity index (χ2n) is 7.74. The van der Waals surface area contributed by atoms with Crippen LogP contribution in [-0.2, 0) is 4.79 Å². The number of aryl methyl sites for hydroxylation is 1. The molecule has 0 saturated heterocycles. The minimum Gasteiger partial charge on any atom is -0.508 e. The predicted molar refractivity (Wildman–Crippen MR) is 89.0 cm³/mol. The fourth-order valence-corrected chi connectivity index (χ4v) is 4.64. The number of aliphatic hydroxyl groups excluding tert-OH is 1. The van der Waals surface area contributed by atoms with Crippen molar-refractivity contribution in [3.63, 3.8) is 0 Å². The van der Waals surface area contributed by atoms with E-state index >= 15 is 0 Å². The van der Waals surface area contributed by atoms with Crippen molar-refractivity contribution in [3.05, 3.63) is 29.3 Å². The summed E-state index contributed by atoms with van der Waals surface area (Å²) in [7, 11) is 1.79. The van der Waals surface area contributed by atoms with Crippen LogP contribution >= 0.6 is 0 Å². The molecule has 4 heteroatoms. The van der Waals surface area contributed by atoms with Crippen molar-refractivity contribution in [2.45, 2.75) is 45.6 Å². The van der Waals surface area contributed by atoms with Gasteiger partial charge < -0.3 is 15.1 Å². The van der Waals surface area contributed by atoms with Crippen LogP contribution in [0, 0.1) is 24.2 Å². The molecular weight excluding hydrogens is 290 g/mol. The summed E-state index contributed by atoms with van der Waals surface area (Å²) in [4.78, 5) is 14.6. The van der Waals surface area contributed by atoms with Crippen molar-refractivity contribution in [2.75, 3.05) is 13.6 Å². The van der Waals surface area contributed by atoms with Crippen molar-refractivity contribution >= 4 is 5.91 Å².